The Morgan fingerprint density at radius 2 is 1.35 bits per heavy atom. The molecule has 0 bridgehead atoms. The fourth-order valence-corrected chi connectivity index (χ4v) is 6.54. The fraction of sp³-hybridized carbons (Fsp3) is 0.308. The summed E-state index contributed by atoms with van der Waals surface area (Å²) in [5, 5.41) is 17.7. The Hall–Kier alpha value is -4.75. The molecular formula is C39H42N2O5. The van der Waals surface area contributed by atoms with Gasteiger partial charge in [0.1, 0.15) is 24.1 Å². The molecule has 3 N–H and O–H groups in total. The maximum absolute atomic E-state index is 14.1. The van der Waals surface area contributed by atoms with E-state index >= 15 is 0 Å². The van der Waals surface area contributed by atoms with Crippen LogP contribution < -0.4 is 15.4 Å². The third-order valence-corrected chi connectivity index (χ3v) is 9.03. The van der Waals surface area contributed by atoms with E-state index in [9.17, 15) is 19.5 Å². The van der Waals surface area contributed by atoms with E-state index in [-0.39, 0.29) is 6.42 Å². The second-order valence-electron chi connectivity index (χ2n) is 12.9. The molecule has 0 heterocycles. The molecule has 5 rings (SSSR count). The summed E-state index contributed by atoms with van der Waals surface area (Å²) in [7, 11) is 0. The number of Topliss-reactive ketones (excluding diaryl/α,β-unsaturated/α-hetero) is 1. The van der Waals surface area contributed by atoms with Crippen molar-refractivity contribution in [1.82, 2.24) is 0 Å². The van der Waals surface area contributed by atoms with Crippen molar-refractivity contribution in [3.63, 3.8) is 0 Å². The maximum Gasteiger partial charge on any atom is 0.235 e. The molecule has 2 amide bonds. The van der Waals surface area contributed by atoms with Gasteiger partial charge in [-0.05, 0) is 93.6 Å². The predicted octanol–water partition coefficient (Wildman–Crippen LogP) is 7.12. The second kappa shape index (κ2) is 13.3. The third kappa shape index (κ3) is 7.05. The van der Waals surface area contributed by atoms with Gasteiger partial charge < -0.3 is 20.5 Å². The topological polar surface area (TPSA) is 105 Å². The molecule has 1 fully saturated rings. The number of aryl methyl sites for hydroxylation is 5. The Bertz CT molecular complexity index is 1780. The number of anilines is 2. The standard InChI is InChI=1S/C39H42N2O5/c1-23-11-17-31(26(4)19-23)40-37(43)35-33(42)21-39(6,45)36(38(44)41-32-18-12-24(2)20-27(32)5)34(35)28-13-15-30(16-14-28)46-22-29-10-8-7-9-25(29)3/h7-20,34-36,45H,21-22H2,1-6H3,(H,40,43)(H,41,44). The molecule has 4 atom stereocenters. The largest absolute Gasteiger partial charge is 0.489 e. The summed E-state index contributed by atoms with van der Waals surface area (Å²) >= 11 is 0. The summed E-state index contributed by atoms with van der Waals surface area (Å²) in [6.07, 6.45) is -0.336. The number of amides is 2. The monoisotopic (exact) mass is 618 g/mol. The smallest absolute Gasteiger partial charge is 0.235 e. The summed E-state index contributed by atoms with van der Waals surface area (Å²) in [6, 6.07) is 26.4. The Morgan fingerprint density at radius 1 is 0.783 bits per heavy atom. The minimum Gasteiger partial charge on any atom is -0.489 e. The van der Waals surface area contributed by atoms with Crippen molar-refractivity contribution >= 4 is 29.0 Å². The first-order valence-corrected chi connectivity index (χ1v) is 15.6. The zero-order valence-corrected chi connectivity index (χ0v) is 27.3. The average Bonchev–Trinajstić information content (AvgIpc) is 2.99. The molecule has 1 saturated carbocycles. The van der Waals surface area contributed by atoms with Gasteiger partial charge in [0.25, 0.3) is 0 Å². The van der Waals surface area contributed by atoms with Crippen LogP contribution in [0.25, 0.3) is 0 Å². The van der Waals surface area contributed by atoms with E-state index in [2.05, 4.69) is 10.6 Å². The molecule has 7 nitrogen and oxygen atoms in total. The number of benzene rings is 4. The van der Waals surface area contributed by atoms with Crippen molar-refractivity contribution < 1.29 is 24.2 Å². The fourth-order valence-electron chi connectivity index (χ4n) is 6.54. The van der Waals surface area contributed by atoms with Crippen molar-refractivity contribution in [2.75, 3.05) is 10.6 Å². The van der Waals surface area contributed by atoms with E-state index in [4.69, 9.17) is 4.74 Å². The number of rotatable bonds is 8. The van der Waals surface area contributed by atoms with Gasteiger partial charge in [-0.3, -0.25) is 14.4 Å². The lowest BCUT2D eigenvalue weighted by molar-refractivity contribution is -0.150. The van der Waals surface area contributed by atoms with Gasteiger partial charge in [-0.15, -0.1) is 0 Å². The number of carbonyl (C=O) groups is 3. The van der Waals surface area contributed by atoms with Gasteiger partial charge in [0.05, 0.1) is 11.5 Å². The van der Waals surface area contributed by atoms with Crippen LogP contribution in [-0.4, -0.2) is 28.3 Å². The minimum absolute atomic E-state index is 0.336. The molecule has 238 valence electrons. The van der Waals surface area contributed by atoms with Crippen molar-refractivity contribution in [2.45, 2.75) is 66.1 Å². The SMILES string of the molecule is Cc1ccc(NC(=O)C2C(=O)CC(C)(O)C(C(=O)Nc3ccc(C)cc3C)C2c2ccc(OCc3ccccc3C)cc2)c(C)c1. The first kappa shape index (κ1) is 32.6. The molecule has 0 spiro atoms. The summed E-state index contributed by atoms with van der Waals surface area (Å²) in [6.45, 7) is 11.6. The Labute approximate surface area is 271 Å². The van der Waals surface area contributed by atoms with Crippen LogP contribution in [0.15, 0.2) is 84.9 Å². The number of nitrogens with one attached hydrogen (secondary N) is 2. The van der Waals surface area contributed by atoms with Crippen molar-refractivity contribution in [3.05, 3.63) is 124 Å². The predicted molar refractivity (Wildman–Crippen MR) is 181 cm³/mol. The van der Waals surface area contributed by atoms with E-state index in [0.717, 1.165) is 33.4 Å². The van der Waals surface area contributed by atoms with Crippen molar-refractivity contribution in [3.8, 4) is 5.75 Å². The van der Waals surface area contributed by atoms with Gasteiger partial charge in [-0.25, -0.2) is 0 Å². The van der Waals surface area contributed by atoms with Crippen LogP contribution >= 0.6 is 0 Å². The molecule has 7 heteroatoms. The lowest BCUT2D eigenvalue weighted by Crippen LogP contribution is -2.56. The van der Waals surface area contributed by atoms with Gasteiger partial charge >= 0.3 is 0 Å². The Morgan fingerprint density at radius 3 is 1.91 bits per heavy atom. The lowest BCUT2D eigenvalue weighted by Gasteiger charge is -2.44. The van der Waals surface area contributed by atoms with Crippen LogP contribution in [-0.2, 0) is 21.0 Å². The maximum atomic E-state index is 14.1. The van der Waals surface area contributed by atoms with E-state index < -0.39 is 41.0 Å². The van der Waals surface area contributed by atoms with Crippen molar-refractivity contribution in [1.29, 1.82) is 0 Å². The quantitative estimate of drug-likeness (QED) is 0.182. The number of aliphatic hydroxyl groups is 1. The highest BCUT2D eigenvalue weighted by molar-refractivity contribution is 6.10. The number of hydrogen-bond acceptors (Lipinski definition) is 5. The van der Waals surface area contributed by atoms with Crippen LogP contribution in [0.5, 0.6) is 5.75 Å². The first-order valence-electron chi connectivity index (χ1n) is 15.6. The molecule has 0 saturated heterocycles. The Balaban J connectivity index is 1.52. The minimum atomic E-state index is -1.71. The Kier molecular flexibility index (Phi) is 9.44. The van der Waals surface area contributed by atoms with Crippen LogP contribution in [0.3, 0.4) is 0 Å². The number of hydrogen-bond donors (Lipinski definition) is 3. The molecule has 1 aliphatic carbocycles. The average molecular weight is 619 g/mol. The van der Waals surface area contributed by atoms with Crippen LogP contribution in [0.2, 0.25) is 0 Å². The third-order valence-electron chi connectivity index (χ3n) is 9.03. The van der Waals surface area contributed by atoms with E-state index in [1.807, 2.05) is 95.3 Å². The zero-order chi connectivity index (χ0) is 33.2. The molecule has 1 aliphatic rings. The highest BCUT2D eigenvalue weighted by atomic mass is 16.5. The van der Waals surface area contributed by atoms with Gasteiger partial charge in [0.15, 0.2) is 0 Å². The molecule has 4 aromatic carbocycles. The number of ether oxygens (including phenoxy) is 1. The summed E-state index contributed by atoms with van der Waals surface area (Å²) in [5.41, 5.74) is 6.09. The highest BCUT2D eigenvalue weighted by Crippen LogP contribution is 2.47. The summed E-state index contributed by atoms with van der Waals surface area (Å²) in [5.74, 6) is -4.06. The number of carbonyl (C=O) groups excluding carboxylic acids is 3. The lowest BCUT2D eigenvalue weighted by atomic mass is 9.61. The molecule has 4 unspecified atom stereocenters. The van der Waals surface area contributed by atoms with Gasteiger partial charge in [-0.2, -0.15) is 0 Å². The van der Waals surface area contributed by atoms with Crippen LogP contribution in [0.1, 0.15) is 58.2 Å². The van der Waals surface area contributed by atoms with E-state index in [1.54, 1.807) is 24.3 Å². The van der Waals surface area contributed by atoms with Crippen LogP contribution in [0.4, 0.5) is 11.4 Å². The van der Waals surface area contributed by atoms with E-state index in [0.29, 0.717) is 29.3 Å². The molecule has 0 radical (unpaired) electrons. The molecule has 0 aliphatic heterocycles. The highest BCUT2D eigenvalue weighted by Gasteiger charge is 2.56. The van der Waals surface area contributed by atoms with Gasteiger partial charge in [-0.1, -0.05) is 71.8 Å². The van der Waals surface area contributed by atoms with Gasteiger partial charge in [0, 0.05) is 23.7 Å². The second-order valence-corrected chi connectivity index (χ2v) is 12.9. The van der Waals surface area contributed by atoms with Crippen molar-refractivity contribution in [2.24, 2.45) is 11.8 Å². The normalized spacial score (nSPS) is 21.0. The zero-order valence-electron chi connectivity index (χ0n) is 27.3. The molecular weight excluding hydrogens is 576 g/mol. The summed E-state index contributed by atoms with van der Waals surface area (Å²) in [4.78, 5) is 41.9. The first-order chi connectivity index (χ1) is 21.8. The van der Waals surface area contributed by atoms with Gasteiger partial charge in [0.2, 0.25) is 11.8 Å². The van der Waals surface area contributed by atoms with E-state index in [1.165, 1.54) is 6.92 Å². The number of ketones is 1. The molecule has 4 aromatic rings. The molecule has 46 heavy (non-hydrogen) atoms. The van der Waals surface area contributed by atoms with Crippen LogP contribution in [0, 0.1) is 46.5 Å². The summed E-state index contributed by atoms with van der Waals surface area (Å²) < 4.78 is 6.05. The molecule has 0 aromatic heterocycles.